The van der Waals surface area contributed by atoms with E-state index in [1.54, 1.807) is 18.5 Å². The maximum atomic E-state index is 11.9. The summed E-state index contributed by atoms with van der Waals surface area (Å²) in [6.45, 7) is 4.48. The molecule has 0 aliphatic carbocycles. The highest BCUT2D eigenvalue weighted by molar-refractivity contribution is 5.61. The van der Waals surface area contributed by atoms with Crippen LogP contribution in [0, 0.1) is 0 Å². The molecular weight excluding hydrogens is 306 g/mol. The molecule has 8 heteroatoms. The van der Waals surface area contributed by atoms with E-state index in [1.165, 1.54) is 0 Å². The molecule has 1 atom stereocenters. The zero-order chi connectivity index (χ0) is 17.1. The van der Waals surface area contributed by atoms with Gasteiger partial charge in [-0.2, -0.15) is 0 Å². The van der Waals surface area contributed by atoms with Crippen LogP contribution in [-0.2, 0) is 0 Å². The van der Waals surface area contributed by atoms with Crippen molar-refractivity contribution in [3.8, 4) is 0 Å². The minimum absolute atomic E-state index is 0.116. The molecule has 1 aliphatic rings. The summed E-state index contributed by atoms with van der Waals surface area (Å²) in [5, 5.41) is 3.25. The van der Waals surface area contributed by atoms with Gasteiger partial charge in [-0.1, -0.05) is 0 Å². The molecule has 2 aromatic heterocycles. The molecular formula is C16H23N7O. The summed E-state index contributed by atoms with van der Waals surface area (Å²) in [5.41, 5.74) is 0.717. The maximum absolute atomic E-state index is 11.9. The molecule has 3 heterocycles. The zero-order valence-corrected chi connectivity index (χ0v) is 14.3. The van der Waals surface area contributed by atoms with Gasteiger partial charge in [-0.05, 0) is 13.3 Å². The smallest absolute Gasteiger partial charge is 0.252 e. The van der Waals surface area contributed by atoms with E-state index in [9.17, 15) is 4.79 Å². The molecule has 3 rings (SSSR count). The Morgan fingerprint density at radius 3 is 2.92 bits per heavy atom. The normalized spacial score (nSPS) is 17.1. The van der Waals surface area contributed by atoms with Crippen LogP contribution in [0.4, 0.5) is 17.6 Å². The molecule has 0 amide bonds. The third-order valence-corrected chi connectivity index (χ3v) is 4.10. The average Bonchev–Trinajstić information content (AvgIpc) is 3.05. The van der Waals surface area contributed by atoms with E-state index in [-0.39, 0.29) is 11.5 Å². The van der Waals surface area contributed by atoms with Gasteiger partial charge in [0.2, 0.25) is 5.95 Å². The van der Waals surface area contributed by atoms with Crippen molar-refractivity contribution in [3.05, 3.63) is 34.5 Å². The van der Waals surface area contributed by atoms with Gasteiger partial charge in [0, 0.05) is 58.1 Å². The number of nitrogens with one attached hydrogen (secondary N) is 2. The molecule has 8 nitrogen and oxygen atoms in total. The summed E-state index contributed by atoms with van der Waals surface area (Å²) in [7, 11) is 3.73. The molecule has 0 radical (unpaired) electrons. The van der Waals surface area contributed by atoms with Crippen LogP contribution in [0.3, 0.4) is 0 Å². The van der Waals surface area contributed by atoms with Crippen molar-refractivity contribution in [2.75, 3.05) is 48.8 Å². The topological polar surface area (TPSA) is 90.0 Å². The largest absolute Gasteiger partial charge is 0.367 e. The Bertz CT molecular complexity index is 758. The first-order chi connectivity index (χ1) is 11.6. The first-order valence-corrected chi connectivity index (χ1v) is 8.17. The lowest BCUT2D eigenvalue weighted by molar-refractivity contribution is 0.733. The second-order valence-electron chi connectivity index (χ2n) is 6.08. The highest BCUT2D eigenvalue weighted by Gasteiger charge is 2.28. The second kappa shape index (κ2) is 6.86. The number of aromatic amines is 1. The van der Waals surface area contributed by atoms with Crippen molar-refractivity contribution in [2.45, 2.75) is 19.3 Å². The van der Waals surface area contributed by atoms with Crippen LogP contribution in [0.2, 0.25) is 0 Å². The van der Waals surface area contributed by atoms with Gasteiger partial charge < -0.3 is 15.1 Å². The number of H-pyrrole nitrogens is 1. The number of nitrogens with zero attached hydrogens (tertiary/aromatic N) is 5. The number of rotatable bonds is 5. The molecule has 0 spiro atoms. The first-order valence-electron chi connectivity index (χ1n) is 8.17. The molecule has 24 heavy (non-hydrogen) atoms. The lowest BCUT2D eigenvalue weighted by Crippen LogP contribution is -2.24. The Labute approximate surface area is 141 Å². The average molecular weight is 329 g/mol. The summed E-state index contributed by atoms with van der Waals surface area (Å²) < 4.78 is 0. The van der Waals surface area contributed by atoms with Crippen LogP contribution >= 0.6 is 0 Å². The Morgan fingerprint density at radius 2 is 2.17 bits per heavy atom. The van der Waals surface area contributed by atoms with E-state index in [0.717, 1.165) is 43.4 Å². The zero-order valence-electron chi connectivity index (χ0n) is 14.3. The second-order valence-corrected chi connectivity index (χ2v) is 6.08. The van der Waals surface area contributed by atoms with Gasteiger partial charge in [-0.3, -0.25) is 9.78 Å². The maximum Gasteiger partial charge on any atom is 0.252 e. The molecule has 0 aromatic carbocycles. The van der Waals surface area contributed by atoms with Gasteiger partial charge in [-0.25, -0.2) is 15.0 Å². The Morgan fingerprint density at radius 1 is 1.38 bits per heavy atom. The van der Waals surface area contributed by atoms with Crippen molar-refractivity contribution >= 4 is 17.6 Å². The fourth-order valence-corrected chi connectivity index (χ4v) is 2.93. The van der Waals surface area contributed by atoms with E-state index in [0.29, 0.717) is 5.95 Å². The molecule has 1 unspecified atom stereocenters. The third kappa shape index (κ3) is 3.32. The number of hydrogen-bond acceptors (Lipinski definition) is 7. The van der Waals surface area contributed by atoms with Crippen LogP contribution < -0.4 is 20.7 Å². The highest BCUT2D eigenvalue weighted by atomic mass is 16.1. The summed E-state index contributed by atoms with van der Waals surface area (Å²) >= 11 is 0. The van der Waals surface area contributed by atoms with Crippen molar-refractivity contribution in [2.24, 2.45) is 0 Å². The molecule has 0 saturated carbocycles. The van der Waals surface area contributed by atoms with Crippen LogP contribution in [0.5, 0.6) is 0 Å². The molecule has 128 valence electrons. The van der Waals surface area contributed by atoms with Crippen molar-refractivity contribution < 1.29 is 0 Å². The van der Waals surface area contributed by atoms with E-state index in [1.807, 2.05) is 25.9 Å². The van der Waals surface area contributed by atoms with Gasteiger partial charge >= 0.3 is 0 Å². The van der Waals surface area contributed by atoms with E-state index in [4.69, 9.17) is 0 Å². The van der Waals surface area contributed by atoms with Crippen LogP contribution in [-0.4, -0.2) is 53.7 Å². The summed E-state index contributed by atoms with van der Waals surface area (Å²) in [6, 6.07) is 1.60. The fourth-order valence-electron chi connectivity index (χ4n) is 2.93. The predicted molar refractivity (Wildman–Crippen MR) is 95.0 cm³/mol. The molecule has 1 aliphatic heterocycles. The van der Waals surface area contributed by atoms with E-state index >= 15 is 0 Å². The lowest BCUT2D eigenvalue weighted by Gasteiger charge is -2.20. The number of aromatic nitrogens is 4. The fraction of sp³-hybridized carbons (Fsp3) is 0.500. The molecule has 2 N–H and O–H groups in total. The van der Waals surface area contributed by atoms with Gasteiger partial charge in [0.1, 0.15) is 0 Å². The monoisotopic (exact) mass is 329 g/mol. The minimum atomic E-state index is -0.116. The summed E-state index contributed by atoms with van der Waals surface area (Å²) in [4.78, 5) is 32.1. The van der Waals surface area contributed by atoms with Crippen LogP contribution in [0.1, 0.15) is 25.0 Å². The predicted octanol–water partition coefficient (Wildman–Crippen LogP) is 1.05. The van der Waals surface area contributed by atoms with Crippen molar-refractivity contribution in [1.82, 2.24) is 19.9 Å². The summed E-state index contributed by atoms with van der Waals surface area (Å²) in [5.74, 6) is 2.46. The highest BCUT2D eigenvalue weighted by Crippen LogP contribution is 2.31. The van der Waals surface area contributed by atoms with Crippen molar-refractivity contribution in [3.63, 3.8) is 0 Å². The van der Waals surface area contributed by atoms with Crippen molar-refractivity contribution in [1.29, 1.82) is 0 Å². The Kier molecular flexibility index (Phi) is 4.64. The number of anilines is 3. The Balaban J connectivity index is 1.82. The van der Waals surface area contributed by atoms with Crippen LogP contribution in [0.25, 0.3) is 0 Å². The molecule has 2 aromatic rings. The molecule has 0 bridgehead atoms. The Hall–Kier alpha value is -2.64. The van der Waals surface area contributed by atoms with Gasteiger partial charge in [-0.15, -0.1) is 0 Å². The third-order valence-electron chi connectivity index (χ3n) is 4.10. The van der Waals surface area contributed by atoms with E-state index < -0.39 is 0 Å². The lowest BCUT2D eigenvalue weighted by atomic mass is 10.1. The summed E-state index contributed by atoms with van der Waals surface area (Å²) in [6.07, 6.45) is 4.33. The quantitative estimate of drug-likeness (QED) is 0.847. The SMILES string of the molecule is CCNc1nccnc1N1CCC(c2cc(=O)[nH]c(N(C)C)n2)C1. The molecule has 1 saturated heterocycles. The van der Waals surface area contributed by atoms with Gasteiger partial charge in [0.05, 0.1) is 5.69 Å². The van der Waals surface area contributed by atoms with Gasteiger partial charge in [0.15, 0.2) is 11.6 Å². The molecule has 1 fully saturated rings. The van der Waals surface area contributed by atoms with Gasteiger partial charge in [0.25, 0.3) is 5.56 Å². The number of hydrogen-bond donors (Lipinski definition) is 2. The standard InChI is InChI=1S/C16H23N7O/c1-4-17-14-15(19-7-6-18-14)23-8-5-11(10-23)12-9-13(24)21-16(20-12)22(2)3/h6-7,9,11H,4-5,8,10H2,1-3H3,(H,17,18)(H,20,21,24). The first kappa shape index (κ1) is 16.2. The minimum Gasteiger partial charge on any atom is -0.367 e. The van der Waals surface area contributed by atoms with Crippen LogP contribution in [0.15, 0.2) is 23.3 Å². The van der Waals surface area contributed by atoms with E-state index in [2.05, 4.69) is 30.2 Å².